The third-order valence-corrected chi connectivity index (χ3v) is 7.01. The van der Waals surface area contributed by atoms with E-state index in [-0.39, 0.29) is 17.1 Å². The molecule has 214 valence electrons. The minimum atomic E-state index is -0.964. The molecule has 1 atom stereocenters. The summed E-state index contributed by atoms with van der Waals surface area (Å²) in [4.78, 5) is 28.3. The van der Waals surface area contributed by atoms with E-state index < -0.39 is 17.7 Å². The highest BCUT2D eigenvalue weighted by Gasteiger charge is 2.47. The van der Waals surface area contributed by atoms with E-state index >= 15 is 0 Å². The van der Waals surface area contributed by atoms with Crippen molar-refractivity contribution < 1.29 is 29.3 Å². The van der Waals surface area contributed by atoms with Gasteiger partial charge in [-0.1, -0.05) is 56.3 Å². The van der Waals surface area contributed by atoms with Crippen LogP contribution in [0.3, 0.4) is 0 Å². The topological polar surface area (TPSA) is 96.3 Å². The average molecular weight is 564 g/mol. The molecule has 0 saturated carbocycles. The molecular weight excluding hydrogens is 530 g/mol. The molecular formula is C35H33NO6. The molecule has 1 unspecified atom stereocenters. The molecule has 1 aliphatic rings. The zero-order chi connectivity index (χ0) is 29.8. The molecule has 1 fully saturated rings. The van der Waals surface area contributed by atoms with Crippen LogP contribution in [-0.2, 0) is 16.2 Å². The first-order chi connectivity index (χ1) is 20.2. The highest BCUT2D eigenvalue weighted by atomic mass is 16.5. The fraction of sp³-hybridized carbons (Fsp3) is 0.200. The highest BCUT2D eigenvalue weighted by molar-refractivity contribution is 6.51. The van der Waals surface area contributed by atoms with E-state index in [1.807, 2.05) is 37.3 Å². The summed E-state index contributed by atoms with van der Waals surface area (Å²) < 4.78 is 11.8. The van der Waals surface area contributed by atoms with Crippen LogP contribution in [0.25, 0.3) is 5.76 Å². The number of carbonyl (C=O) groups excluding carboxylic acids is 2. The summed E-state index contributed by atoms with van der Waals surface area (Å²) in [7, 11) is 0. The van der Waals surface area contributed by atoms with E-state index in [0.717, 1.165) is 11.1 Å². The molecule has 0 aliphatic carbocycles. The van der Waals surface area contributed by atoms with Crippen LogP contribution in [0.5, 0.6) is 17.2 Å². The van der Waals surface area contributed by atoms with Crippen molar-refractivity contribution in [1.82, 2.24) is 0 Å². The van der Waals surface area contributed by atoms with Crippen LogP contribution in [0.2, 0.25) is 0 Å². The minimum absolute atomic E-state index is 0.0220. The smallest absolute Gasteiger partial charge is 0.300 e. The lowest BCUT2D eigenvalue weighted by Gasteiger charge is -2.26. The monoisotopic (exact) mass is 563 g/mol. The van der Waals surface area contributed by atoms with Gasteiger partial charge in [-0.15, -0.1) is 0 Å². The Morgan fingerprint density at radius 2 is 1.62 bits per heavy atom. The molecule has 7 nitrogen and oxygen atoms in total. The van der Waals surface area contributed by atoms with E-state index in [9.17, 15) is 19.8 Å². The van der Waals surface area contributed by atoms with Gasteiger partial charge in [0.15, 0.2) is 0 Å². The van der Waals surface area contributed by atoms with E-state index in [1.54, 1.807) is 54.6 Å². The fourth-order valence-electron chi connectivity index (χ4n) is 4.92. The van der Waals surface area contributed by atoms with Crippen molar-refractivity contribution in [3.8, 4) is 17.2 Å². The number of amides is 1. The van der Waals surface area contributed by atoms with Crippen molar-refractivity contribution in [1.29, 1.82) is 0 Å². The molecule has 0 spiro atoms. The van der Waals surface area contributed by atoms with Crippen molar-refractivity contribution in [2.75, 3.05) is 11.5 Å². The summed E-state index contributed by atoms with van der Waals surface area (Å²) in [5, 5.41) is 21.8. The summed E-state index contributed by atoms with van der Waals surface area (Å²) in [5.74, 6) is -0.294. The third-order valence-electron chi connectivity index (χ3n) is 7.01. The van der Waals surface area contributed by atoms with Gasteiger partial charge in [-0.3, -0.25) is 14.5 Å². The van der Waals surface area contributed by atoms with Gasteiger partial charge >= 0.3 is 0 Å². The van der Waals surface area contributed by atoms with E-state index in [2.05, 4.69) is 13.8 Å². The van der Waals surface area contributed by atoms with Crippen LogP contribution >= 0.6 is 0 Å². The van der Waals surface area contributed by atoms with Gasteiger partial charge in [0.25, 0.3) is 11.7 Å². The van der Waals surface area contributed by atoms with Gasteiger partial charge in [-0.2, -0.15) is 0 Å². The van der Waals surface area contributed by atoms with Gasteiger partial charge in [-0.25, -0.2) is 0 Å². The molecule has 5 rings (SSSR count). The number of aromatic hydroxyl groups is 1. The molecule has 0 bridgehead atoms. The Bertz CT molecular complexity index is 1630. The zero-order valence-corrected chi connectivity index (χ0v) is 23.8. The number of ether oxygens (including phenoxy) is 2. The summed E-state index contributed by atoms with van der Waals surface area (Å²) in [6, 6.07) is 27.2. The average Bonchev–Trinajstić information content (AvgIpc) is 3.25. The molecule has 4 aromatic rings. The highest BCUT2D eigenvalue weighted by Crippen LogP contribution is 2.43. The number of aliphatic hydroxyl groups excluding tert-OH is 1. The number of Topliss-reactive ketones (excluding diaryl/α,β-unsaturated/α-hetero) is 1. The van der Waals surface area contributed by atoms with Crippen molar-refractivity contribution in [3.05, 3.63) is 125 Å². The molecule has 1 amide bonds. The summed E-state index contributed by atoms with van der Waals surface area (Å²) in [5.41, 5.74) is 3.03. The van der Waals surface area contributed by atoms with Crippen molar-refractivity contribution in [3.63, 3.8) is 0 Å². The van der Waals surface area contributed by atoms with Gasteiger partial charge in [0.1, 0.15) is 29.6 Å². The lowest BCUT2D eigenvalue weighted by atomic mass is 9.94. The van der Waals surface area contributed by atoms with Crippen LogP contribution in [0.15, 0.2) is 103 Å². The molecule has 1 saturated heterocycles. The Morgan fingerprint density at radius 3 is 2.29 bits per heavy atom. The van der Waals surface area contributed by atoms with Crippen LogP contribution < -0.4 is 14.4 Å². The maximum absolute atomic E-state index is 13.5. The molecule has 0 aromatic heterocycles. The molecule has 1 aliphatic heterocycles. The van der Waals surface area contributed by atoms with Gasteiger partial charge in [0.05, 0.1) is 18.2 Å². The lowest BCUT2D eigenvalue weighted by molar-refractivity contribution is -0.132. The second kappa shape index (κ2) is 12.2. The molecule has 0 radical (unpaired) electrons. The molecule has 2 N–H and O–H groups in total. The largest absolute Gasteiger partial charge is 0.508 e. The number of aliphatic hydroxyl groups is 1. The SMILES string of the molecule is Cc1cc(/C(O)=C2/C(=O)C(=O)N(c3ccc(OCC(C)C)cc3)C2c2cccc(O)c2)ccc1OCc1ccccc1. The number of ketones is 1. The second-order valence-corrected chi connectivity index (χ2v) is 10.7. The standard InChI is InChI=1S/C35H33NO6/c1-22(2)20-41-29-15-13-27(14-16-29)36-32(25-10-7-11-28(37)19-25)31(34(39)35(36)40)33(38)26-12-17-30(23(3)18-26)42-21-24-8-5-4-6-9-24/h4-19,22,32,37-38H,20-21H2,1-3H3/b33-31-. The maximum atomic E-state index is 13.5. The quantitative estimate of drug-likeness (QED) is 0.130. The van der Waals surface area contributed by atoms with Gasteiger partial charge in [0.2, 0.25) is 0 Å². The first-order valence-corrected chi connectivity index (χ1v) is 13.8. The number of rotatable bonds is 9. The molecule has 7 heteroatoms. The zero-order valence-electron chi connectivity index (χ0n) is 23.8. The number of phenolic OH excluding ortho intramolecular Hbond substituents is 1. The number of carbonyl (C=O) groups is 2. The second-order valence-electron chi connectivity index (χ2n) is 10.7. The van der Waals surface area contributed by atoms with Crippen LogP contribution in [0, 0.1) is 12.8 Å². The van der Waals surface area contributed by atoms with Crippen molar-refractivity contribution in [2.24, 2.45) is 5.92 Å². The Balaban J connectivity index is 1.52. The number of aryl methyl sites for hydroxylation is 1. The van der Waals surface area contributed by atoms with E-state index in [0.29, 0.717) is 47.4 Å². The van der Waals surface area contributed by atoms with Gasteiger partial charge in [-0.05, 0) is 84.1 Å². The summed E-state index contributed by atoms with van der Waals surface area (Å²) in [6.45, 7) is 6.89. The first-order valence-electron chi connectivity index (χ1n) is 13.8. The summed E-state index contributed by atoms with van der Waals surface area (Å²) in [6.07, 6.45) is 0. The molecule has 4 aromatic carbocycles. The first kappa shape index (κ1) is 28.5. The Hall–Kier alpha value is -5.04. The van der Waals surface area contributed by atoms with Gasteiger partial charge in [0, 0.05) is 11.3 Å². The lowest BCUT2D eigenvalue weighted by Crippen LogP contribution is -2.29. The number of nitrogens with zero attached hydrogens (tertiary/aromatic N) is 1. The van der Waals surface area contributed by atoms with Crippen LogP contribution in [0.1, 0.15) is 42.1 Å². The normalized spacial score (nSPS) is 16.2. The number of phenols is 1. The molecule has 1 heterocycles. The van der Waals surface area contributed by atoms with E-state index in [1.165, 1.54) is 17.0 Å². The predicted molar refractivity (Wildman–Crippen MR) is 162 cm³/mol. The number of hydrogen-bond acceptors (Lipinski definition) is 6. The Labute approximate surface area is 245 Å². The van der Waals surface area contributed by atoms with Crippen LogP contribution in [-0.4, -0.2) is 28.5 Å². The number of benzene rings is 4. The van der Waals surface area contributed by atoms with Crippen molar-refractivity contribution in [2.45, 2.75) is 33.4 Å². The summed E-state index contributed by atoms with van der Waals surface area (Å²) >= 11 is 0. The number of hydrogen-bond donors (Lipinski definition) is 2. The van der Waals surface area contributed by atoms with Crippen LogP contribution in [0.4, 0.5) is 5.69 Å². The minimum Gasteiger partial charge on any atom is -0.508 e. The Kier molecular flexibility index (Phi) is 8.29. The third kappa shape index (κ3) is 6.00. The van der Waals surface area contributed by atoms with Gasteiger partial charge < -0.3 is 19.7 Å². The number of anilines is 1. The fourth-order valence-corrected chi connectivity index (χ4v) is 4.92. The Morgan fingerprint density at radius 1 is 0.881 bits per heavy atom. The van der Waals surface area contributed by atoms with E-state index in [4.69, 9.17) is 9.47 Å². The van der Waals surface area contributed by atoms with Crippen molar-refractivity contribution >= 4 is 23.1 Å². The maximum Gasteiger partial charge on any atom is 0.300 e. The predicted octanol–water partition coefficient (Wildman–Crippen LogP) is 6.94. The molecule has 42 heavy (non-hydrogen) atoms.